The van der Waals surface area contributed by atoms with E-state index in [2.05, 4.69) is 14.9 Å². The van der Waals surface area contributed by atoms with Gasteiger partial charge >= 0.3 is 0 Å². The Morgan fingerprint density at radius 3 is 2.95 bits per heavy atom. The normalized spacial score (nSPS) is 27.8. The minimum atomic E-state index is -3.69. The van der Waals surface area contributed by atoms with Gasteiger partial charge in [0.15, 0.2) is 5.03 Å². The number of H-pyrrole nitrogens is 1. The molecule has 0 bridgehead atoms. The Bertz CT molecular complexity index is 552. The fourth-order valence-electron chi connectivity index (χ4n) is 2.53. The van der Waals surface area contributed by atoms with E-state index in [-0.39, 0.29) is 29.3 Å². The largest absolute Gasteiger partial charge is 0.392 e. The van der Waals surface area contributed by atoms with Crippen LogP contribution in [0.4, 0.5) is 0 Å². The van der Waals surface area contributed by atoms with E-state index < -0.39 is 10.0 Å². The van der Waals surface area contributed by atoms with Crippen molar-refractivity contribution in [3.63, 3.8) is 0 Å². The van der Waals surface area contributed by atoms with E-state index in [9.17, 15) is 8.42 Å². The van der Waals surface area contributed by atoms with Crippen LogP contribution in [0, 0.1) is 5.92 Å². The average Bonchev–Trinajstić information content (AvgIpc) is 2.92. The molecule has 0 aromatic carbocycles. The maximum atomic E-state index is 12.3. The quantitative estimate of drug-likeness (QED) is 0.692. The number of hydrogen-bond acceptors (Lipinski definition) is 5. The first-order chi connectivity index (χ1) is 9.12. The molecular weight excluding hydrogens is 270 g/mol. The molecule has 8 heteroatoms. The Balaban J connectivity index is 1.77. The van der Waals surface area contributed by atoms with Crippen LogP contribution in [0.25, 0.3) is 0 Å². The van der Waals surface area contributed by atoms with E-state index in [1.54, 1.807) is 0 Å². The molecule has 106 valence electrons. The van der Waals surface area contributed by atoms with Crippen LogP contribution >= 0.6 is 0 Å². The van der Waals surface area contributed by atoms with Crippen molar-refractivity contribution in [3.05, 3.63) is 11.8 Å². The lowest BCUT2D eigenvalue weighted by molar-refractivity contribution is 0.0848. The summed E-state index contributed by atoms with van der Waals surface area (Å²) < 4.78 is 32.8. The first-order valence-electron chi connectivity index (χ1n) is 6.39. The van der Waals surface area contributed by atoms with E-state index >= 15 is 0 Å². The van der Waals surface area contributed by atoms with Gasteiger partial charge in [0.25, 0.3) is 10.0 Å². The molecule has 2 fully saturated rings. The topological polar surface area (TPSA) is 104 Å². The zero-order valence-electron chi connectivity index (χ0n) is 10.4. The summed E-state index contributed by atoms with van der Waals surface area (Å²) in [7, 11) is -3.69. The molecule has 2 unspecified atom stereocenters. The number of aliphatic hydroxyl groups is 1. The summed E-state index contributed by atoms with van der Waals surface area (Å²) in [6.45, 7) is 0.226. The summed E-state index contributed by atoms with van der Waals surface area (Å²) in [4.78, 5) is 0. The summed E-state index contributed by atoms with van der Waals surface area (Å²) >= 11 is 0. The van der Waals surface area contributed by atoms with Crippen molar-refractivity contribution in [2.45, 2.75) is 43.0 Å². The molecule has 3 N–H and O–H groups in total. The number of aromatic amines is 1. The van der Waals surface area contributed by atoms with Gasteiger partial charge in [-0.15, -0.1) is 0 Å². The predicted molar refractivity (Wildman–Crippen MR) is 65.7 cm³/mol. The van der Waals surface area contributed by atoms with Gasteiger partial charge in [-0.2, -0.15) is 5.10 Å². The number of nitrogens with zero attached hydrogens (tertiary/aromatic N) is 1. The molecule has 0 spiro atoms. The lowest BCUT2D eigenvalue weighted by Gasteiger charge is -2.19. The second-order valence-corrected chi connectivity index (χ2v) is 6.72. The van der Waals surface area contributed by atoms with E-state index in [4.69, 9.17) is 9.84 Å². The Morgan fingerprint density at radius 2 is 2.26 bits per heavy atom. The van der Waals surface area contributed by atoms with Crippen LogP contribution in [0.1, 0.15) is 24.8 Å². The van der Waals surface area contributed by atoms with Gasteiger partial charge in [-0.25, -0.2) is 13.1 Å². The number of nitrogens with one attached hydrogen (secondary N) is 2. The van der Waals surface area contributed by atoms with Crippen molar-refractivity contribution in [1.82, 2.24) is 14.9 Å². The highest BCUT2D eigenvalue weighted by Crippen LogP contribution is 2.39. The lowest BCUT2D eigenvalue weighted by atomic mass is 10.1. The number of rotatable bonds is 5. The third kappa shape index (κ3) is 2.53. The van der Waals surface area contributed by atoms with Crippen LogP contribution in [0.15, 0.2) is 11.2 Å². The highest BCUT2D eigenvalue weighted by molar-refractivity contribution is 7.89. The van der Waals surface area contributed by atoms with E-state index in [1.807, 2.05) is 0 Å². The number of sulfonamides is 1. The maximum absolute atomic E-state index is 12.3. The Kier molecular flexibility index (Phi) is 3.34. The molecule has 1 aromatic rings. The molecule has 2 heterocycles. The molecule has 1 aliphatic heterocycles. The second-order valence-electron chi connectivity index (χ2n) is 5.07. The first kappa shape index (κ1) is 13.0. The molecule has 2 atom stereocenters. The number of aromatic nitrogens is 2. The van der Waals surface area contributed by atoms with Crippen molar-refractivity contribution < 1.29 is 18.3 Å². The Labute approximate surface area is 111 Å². The monoisotopic (exact) mass is 287 g/mol. The zero-order valence-corrected chi connectivity index (χ0v) is 11.2. The van der Waals surface area contributed by atoms with Crippen LogP contribution in [-0.4, -0.2) is 42.5 Å². The van der Waals surface area contributed by atoms with Crippen LogP contribution in [0.5, 0.6) is 0 Å². The smallest absolute Gasteiger partial charge is 0.258 e. The van der Waals surface area contributed by atoms with Crippen molar-refractivity contribution in [3.8, 4) is 0 Å². The van der Waals surface area contributed by atoms with E-state index in [0.717, 1.165) is 12.8 Å². The van der Waals surface area contributed by atoms with Crippen LogP contribution in [0.3, 0.4) is 0 Å². The lowest BCUT2D eigenvalue weighted by Crippen LogP contribution is -2.41. The molecule has 2 aliphatic rings. The van der Waals surface area contributed by atoms with Crippen molar-refractivity contribution in [2.75, 3.05) is 6.61 Å². The molecule has 1 aromatic heterocycles. The number of aliphatic hydroxyl groups excluding tert-OH is 1. The van der Waals surface area contributed by atoms with Gasteiger partial charge in [-0.05, 0) is 25.2 Å². The van der Waals surface area contributed by atoms with E-state index in [1.165, 1.54) is 6.20 Å². The fraction of sp³-hybridized carbons (Fsp3) is 0.727. The zero-order chi connectivity index (χ0) is 13.5. The van der Waals surface area contributed by atoms with Crippen molar-refractivity contribution >= 4 is 10.0 Å². The maximum Gasteiger partial charge on any atom is 0.258 e. The number of ether oxygens (including phenoxy) is 1. The van der Waals surface area contributed by atoms with Crippen molar-refractivity contribution in [1.29, 1.82) is 0 Å². The highest BCUT2D eigenvalue weighted by atomic mass is 32.2. The second kappa shape index (κ2) is 4.86. The van der Waals surface area contributed by atoms with Gasteiger partial charge in [0, 0.05) is 12.2 Å². The first-order valence-corrected chi connectivity index (χ1v) is 7.87. The van der Waals surface area contributed by atoms with Gasteiger partial charge in [0.2, 0.25) is 0 Å². The summed E-state index contributed by atoms with van der Waals surface area (Å²) in [6, 6.07) is -0.188. The Morgan fingerprint density at radius 1 is 1.47 bits per heavy atom. The highest BCUT2D eigenvalue weighted by Gasteiger charge is 2.42. The molecule has 1 aliphatic carbocycles. The number of hydrogen-bond donors (Lipinski definition) is 3. The van der Waals surface area contributed by atoms with Gasteiger partial charge in [-0.3, -0.25) is 5.10 Å². The molecule has 1 saturated heterocycles. The summed E-state index contributed by atoms with van der Waals surface area (Å²) in [5, 5.41) is 15.1. The predicted octanol–water partition coefficient (Wildman–Crippen LogP) is -0.252. The van der Waals surface area contributed by atoms with Gasteiger partial charge < -0.3 is 9.84 Å². The van der Waals surface area contributed by atoms with Gasteiger partial charge in [0.1, 0.15) is 0 Å². The molecule has 1 saturated carbocycles. The SMILES string of the molecule is O=S(=O)(NC1CCOC1C1CC1)c1[nH]ncc1CO. The molecule has 19 heavy (non-hydrogen) atoms. The summed E-state index contributed by atoms with van der Waals surface area (Å²) in [5.74, 6) is 0.481. The van der Waals surface area contributed by atoms with Gasteiger partial charge in [-0.1, -0.05) is 0 Å². The fourth-order valence-corrected chi connectivity index (χ4v) is 3.93. The van der Waals surface area contributed by atoms with E-state index in [0.29, 0.717) is 18.9 Å². The molecule has 0 amide bonds. The molecular formula is C11H17N3O4S. The Hall–Kier alpha value is -0.960. The van der Waals surface area contributed by atoms with Crippen LogP contribution < -0.4 is 4.72 Å². The summed E-state index contributed by atoms with van der Waals surface area (Å²) in [6.07, 6.45) is 4.19. The average molecular weight is 287 g/mol. The van der Waals surface area contributed by atoms with Crippen LogP contribution in [0.2, 0.25) is 0 Å². The van der Waals surface area contributed by atoms with Crippen molar-refractivity contribution in [2.24, 2.45) is 5.92 Å². The standard InChI is InChI=1S/C11H17N3O4S/c15-6-8-5-12-13-11(8)19(16,17)14-9-3-4-18-10(9)7-1-2-7/h5,7,9-10,14-15H,1-4,6H2,(H,12,13). The molecule has 0 radical (unpaired) electrons. The minimum Gasteiger partial charge on any atom is -0.392 e. The minimum absolute atomic E-state index is 0.0183. The third-order valence-corrected chi connectivity index (χ3v) is 5.15. The van der Waals surface area contributed by atoms with Crippen LogP contribution in [-0.2, 0) is 21.4 Å². The van der Waals surface area contributed by atoms with Gasteiger partial charge in [0.05, 0.1) is 24.9 Å². The third-order valence-electron chi connectivity index (χ3n) is 3.65. The summed E-state index contributed by atoms with van der Waals surface area (Å²) in [5.41, 5.74) is 0.273. The molecule has 3 rings (SSSR count). The molecule has 7 nitrogen and oxygen atoms in total.